The summed E-state index contributed by atoms with van der Waals surface area (Å²) in [6, 6.07) is 4.90. The Hall–Kier alpha value is -1.13. The molecule has 0 saturated heterocycles. The Morgan fingerprint density at radius 1 is 1.54 bits per heavy atom. The zero-order valence-electron chi connectivity index (χ0n) is 7.41. The van der Waals surface area contributed by atoms with Crippen molar-refractivity contribution in [1.82, 2.24) is 15.4 Å². The van der Waals surface area contributed by atoms with Gasteiger partial charge in [-0.25, -0.2) is 9.99 Å². The number of nitrogens with zero attached hydrogens (tertiary/aromatic N) is 2. The zero-order valence-corrected chi connectivity index (χ0v) is 8.17. The number of carbonyl (C=O) groups is 1. The quantitative estimate of drug-likeness (QED) is 0.570. The van der Waals surface area contributed by atoms with Crippen molar-refractivity contribution in [3.8, 4) is 0 Å². The van der Waals surface area contributed by atoms with Crippen molar-refractivity contribution >= 4 is 17.5 Å². The number of hydrazine groups is 1. The molecule has 0 aliphatic heterocycles. The van der Waals surface area contributed by atoms with Gasteiger partial charge in [-0.2, -0.15) is 0 Å². The maximum Gasteiger partial charge on any atom is 0.284 e. The normalized spacial score (nSPS) is 10.2. The molecule has 13 heavy (non-hydrogen) atoms. The standard InChI is InChI=1S/C8H10ClN3O/c1-12(2)11-8(13)6-4-3-5-7(9)10-6/h3-5H,1-2H3,(H,11,13). The first-order valence-corrected chi connectivity index (χ1v) is 4.08. The van der Waals surface area contributed by atoms with E-state index in [1.165, 1.54) is 0 Å². The fourth-order valence-corrected chi connectivity index (χ4v) is 0.959. The average Bonchev–Trinajstić information content (AvgIpc) is 2.03. The highest BCUT2D eigenvalue weighted by atomic mass is 35.5. The summed E-state index contributed by atoms with van der Waals surface area (Å²) in [5.41, 5.74) is 2.87. The van der Waals surface area contributed by atoms with Gasteiger partial charge in [-0.15, -0.1) is 0 Å². The summed E-state index contributed by atoms with van der Waals surface area (Å²) in [6.45, 7) is 0. The monoisotopic (exact) mass is 199 g/mol. The smallest absolute Gasteiger partial charge is 0.284 e. The maximum absolute atomic E-state index is 11.3. The van der Waals surface area contributed by atoms with E-state index in [0.717, 1.165) is 0 Å². The molecule has 0 aromatic carbocycles. The highest BCUT2D eigenvalue weighted by Crippen LogP contribution is 2.04. The topological polar surface area (TPSA) is 45.2 Å². The Bertz CT molecular complexity index is 314. The molecule has 4 nitrogen and oxygen atoms in total. The first-order chi connectivity index (χ1) is 6.09. The van der Waals surface area contributed by atoms with Gasteiger partial charge in [-0.3, -0.25) is 10.2 Å². The molecule has 0 aliphatic carbocycles. The Morgan fingerprint density at radius 3 is 2.77 bits per heavy atom. The molecule has 1 heterocycles. The number of rotatable bonds is 2. The predicted molar refractivity (Wildman–Crippen MR) is 50.4 cm³/mol. The van der Waals surface area contributed by atoms with Crippen LogP contribution in [0, 0.1) is 0 Å². The zero-order chi connectivity index (χ0) is 9.84. The van der Waals surface area contributed by atoms with Gasteiger partial charge in [0.2, 0.25) is 0 Å². The third-order valence-electron chi connectivity index (χ3n) is 1.27. The first kappa shape index (κ1) is 9.95. The highest BCUT2D eigenvalue weighted by Gasteiger charge is 2.06. The van der Waals surface area contributed by atoms with Gasteiger partial charge >= 0.3 is 0 Å². The molecule has 1 aromatic heterocycles. The van der Waals surface area contributed by atoms with E-state index in [0.29, 0.717) is 10.8 Å². The molecule has 0 fully saturated rings. The van der Waals surface area contributed by atoms with Crippen molar-refractivity contribution in [2.45, 2.75) is 0 Å². The molecule has 70 valence electrons. The Labute approximate surface area is 81.5 Å². The van der Waals surface area contributed by atoms with E-state index in [2.05, 4.69) is 10.4 Å². The van der Waals surface area contributed by atoms with E-state index in [4.69, 9.17) is 11.6 Å². The fourth-order valence-electron chi connectivity index (χ4n) is 0.795. The van der Waals surface area contributed by atoms with Crippen molar-refractivity contribution in [1.29, 1.82) is 0 Å². The summed E-state index contributed by atoms with van der Waals surface area (Å²) in [6.07, 6.45) is 0. The minimum atomic E-state index is -0.271. The molecule has 1 aromatic rings. The van der Waals surface area contributed by atoms with Crippen molar-refractivity contribution in [3.63, 3.8) is 0 Å². The van der Waals surface area contributed by atoms with Crippen molar-refractivity contribution in [3.05, 3.63) is 29.0 Å². The van der Waals surface area contributed by atoms with Crippen LogP contribution < -0.4 is 5.43 Å². The minimum Gasteiger partial charge on any atom is -0.284 e. The Balaban J connectivity index is 2.77. The van der Waals surface area contributed by atoms with Crippen LogP contribution in [0.3, 0.4) is 0 Å². The molecule has 0 radical (unpaired) electrons. The number of amides is 1. The lowest BCUT2D eigenvalue weighted by molar-refractivity contribution is 0.0851. The summed E-state index contributed by atoms with van der Waals surface area (Å²) < 4.78 is 0. The number of hydrogen-bond donors (Lipinski definition) is 1. The molecule has 1 rings (SSSR count). The molecule has 1 amide bonds. The summed E-state index contributed by atoms with van der Waals surface area (Å²) in [4.78, 5) is 15.2. The number of carbonyl (C=O) groups excluding carboxylic acids is 1. The van der Waals surface area contributed by atoms with Crippen molar-refractivity contribution < 1.29 is 4.79 Å². The third-order valence-corrected chi connectivity index (χ3v) is 1.48. The van der Waals surface area contributed by atoms with E-state index in [9.17, 15) is 4.79 Å². The summed E-state index contributed by atoms with van der Waals surface area (Å²) in [5, 5.41) is 1.86. The number of pyridine rings is 1. The van der Waals surface area contributed by atoms with Gasteiger partial charge in [0.1, 0.15) is 10.8 Å². The molecule has 0 aliphatic rings. The second-order valence-corrected chi connectivity index (χ2v) is 3.07. The van der Waals surface area contributed by atoms with E-state index in [1.54, 1.807) is 37.3 Å². The number of halogens is 1. The molecule has 0 bridgehead atoms. The summed E-state index contributed by atoms with van der Waals surface area (Å²) in [7, 11) is 3.45. The molecule has 5 heteroatoms. The van der Waals surface area contributed by atoms with Gasteiger partial charge in [0, 0.05) is 14.1 Å². The van der Waals surface area contributed by atoms with Crippen LogP contribution in [0.25, 0.3) is 0 Å². The molecule has 0 spiro atoms. The lowest BCUT2D eigenvalue weighted by atomic mass is 10.3. The highest BCUT2D eigenvalue weighted by molar-refractivity contribution is 6.29. The number of nitrogens with one attached hydrogen (secondary N) is 1. The van der Waals surface area contributed by atoms with Crippen LogP contribution in [0.1, 0.15) is 10.5 Å². The predicted octanol–water partition coefficient (Wildman–Crippen LogP) is 0.941. The number of hydrogen-bond acceptors (Lipinski definition) is 3. The fraction of sp³-hybridized carbons (Fsp3) is 0.250. The van der Waals surface area contributed by atoms with E-state index in [1.807, 2.05) is 0 Å². The van der Waals surface area contributed by atoms with Crippen LogP contribution >= 0.6 is 11.6 Å². The van der Waals surface area contributed by atoms with Gasteiger partial charge < -0.3 is 0 Å². The average molecular weight is 200 g/mol. The van der Waals surface area contributed by atoms with Gasteiger partial charge in [0.05, 0.1) is 0 Å². The van der Waals surface area contributed by atoms with Crippen LogP contribution in [-0.2, 0) is 0 Å². The van der Waals surface area contributed by atoms with Crippen molar-refractivity contribution in [2.24, 2.45) is 0 Å². The second kappa shape index (κ2) is 4.20. The SMILES string of the molecule is CN(C)NC(=O)c1cccc(Cl)n1. The van der Waals surface area contributed by atoms with Crippen LogP contribution in [-0.4, -0.2) is 30.0 Å². The molecule has 0 unspecified atom stereocenters. The second-order valence-electron chi connectivity index (χ2n) is 2.68. The summed E-state index contributed by atoms with van der Waals surface area (Å²) in [5.74, 6) is -0.271. The van der Waals surface area contributed by atoms with Crippen molar-refractivity contribution in [2.75, 3.05) is 14.1 Å². The molecular formula is C8H10ClN3O. The Kier molecular flexibility index (Phi) is 3.22. The Morgan fingerprint density at radius 2 is 2.23 bits per heavy atom. The van der Waals surface area contributed by atoms with E-state index >= 15 is 0 Å². The number of aromatic nitrogens is 1. The minimum absolute atomic E-state index is 0.271. The maximum atomic E-state index is 11.3. The van der Waals surface area contributed by atoms with Gasteiger partial charge in [0.15, 0.2) is 0 Å². The van der Waals surface area contributed by atoms with Gasteiger partial charge in [-0.05, 0) is 12.1 Å². The molecule has 0 saturated carbocycles. The molecule has 1 N–H and O–H groups in total. The van der Waals surface area contributed by atoms with Crippen LogP contribution in [0.4, 0.5) is 0 Å². The largest absolute Gasteiger partial charge is 0.284 e. The lowest BCUT2D eigenvalue weighted by Crippen LogP contribution is -2.36. The van der Waals surface area contributed by atoms with Crippen LogP contribution in [0.5, 0.6) is 0 Å². The molecule has 0 atom stereocenters. The van der Waals surface area contributed by atoms with Gasteiger partial charge in [-0.1, -0.05) is 17.7 Å². The first-order valence-electron chi connectivity index (χ1n) is 3.70. The van der Waals surface area contributed by atoms with E-state index < -0.39 is 0 Å². The lowest BCUT2D eigenvalue weighted by Gasteiger charge is -2.10. The van der Waals surface area contributed by atoms with Crippen LogP contribution in [0.15, 0.2) is 18.2 Å². The van der Waals surface area contributed by atoms with E-state index in [-0.39, 0.29) is 5.91 Å². The van der Waals surface area contributed by atoms with Crippen LogP contribution in [0.2, 0.25) is 5.15 Å². The molecular weight excluding hydrogens is 190 g/mol. The third kappa shape index (κ3) is 3.01. The summed E-state index contributed by atoms with van der Waals surface area (Å²) >= 11 is 5.62. The van der Waals surface area contributed by atoms with Gasteiger partial charge in [0.25, 0.3) is 5.91 Å².